The number of hydrogen-bond donors (Lipinski definition) is 1. The Morgan fingerprint density at radius 2 is 1.71 bits per heavy atom. The van der Waals surface area contributed by atoms with Crippen molar-refractivity contribution >= 4 is 35.0 Å². The largest absolute Gasteiger partial charge is 0.477 e. The highest BCUT2D eigenvalue weighted by molar-refractivity contribution is 6.18. The number of aromatic carboxylic acids is 1. The van der Waals surface area contributed by atoms with Gasteiger partial charge in [-0.3, -0.25) is 4.57 Å². The molecule has 2 aromatic heterocycles. The van der Waals surface area contributed by atoms with Crippen molar-refractivity contribution in [1.29, 1.82) is 0 Å². The fourth-order valence-electron chi connectivity index (χ4n) is 4.30. The number of hydrogen-bond acceptors (Lipinski definition) is 9. The second-order valence-corrected chi connectivity index (χ2v) is 12.0. The highest BCUT2D eigenvalue weighted by Gasteiger charge is 2.46. The molecule has 2 fully saturated rings. The van der Waals surface area contributed by atoms with Crippen molar-refractivity contribution in [3.63, 3.8) is 0 Å². The van der Waals surface area contributed by atoms with E-state index in [-0.39, 0.29) is 41.0 Å². The zero-order valence-corrected chi connectivity index (χ0v) is 23.0. The highest BCUT2D eigenvalue weighted by Crippen LogP contribution is 2.50. The number of carboxylic acids is 1. The first-order valence-corrected chi connectivity index (χ1v) is 12.7. The van der Waals surface area contributed by atoms with E-state index in [4.69, 9.17) is 18.9 Å². The Labute approximate surface area is 221 Å². The molecule has 0 unspecified atom stereocenters. The van der Waals surface area contributed by atoms with Gasteiger partial charge in [-0.1, -0.05) is 0 Å². The van der Waals surface area contributed by atoms with Gasteiger partial charge in [0.05, 0.1) is 11.5 Å². The van der Waals surface area contributed by atoms with Crippen LogP contribution in [0.4, 0.5) is 15.4 Å². The third-order valence-corrected chi connectivity index (χ3v) is 6.21. The van der Waals surface area contributed by atoms with Gasteiger partial charge in [-0.2, -0.15) is 4.90 Å². The van der Waals surface area contributed by atoms with E-state index in [2.05, 4.69) is 9.97 Å². The van der Waals surface area contributed by atoms with Crippen LogP contribution >= 0.6 is 0 Å². The highest BCUT2D eigenvalue weighted by atomic mass is 16.6. The smallest absolute Gasteiger partial charge is 0.425 e. The first-order chi connectivity index (χ1) is 17.6. The molecule has 0 bridgehead atoms. The molecule has 2 aliphatic rings. The van der Waals surface area contributed by atoms with Gasteiger partial charge in [-0.15, -0.1) is 0 Å². The lowest BCUT2D eigenvalue weighted by molar-refractivity contribution is 0.0428. The Morgan fingerprint density at radius 1 is 1.11 bits per heavy atom. The lowest BCUT2D eigenvalue weighted by Crippen LogP contribution is -2.44. The molecule has 1 atom stereocenters. The van der Waals surface area contributed by atoms with Crippen LogP contribution in [0.5, 0.6) is 5.88 Å². The van der Waals surface area contributed by atoms with Crippen LogP contribution in [0.2, 0.25) is 0 Å². The maximum absolute atomic E-state index is 13.4. The van der Waals surface area contributed by atoms with Crippen molar-refractivity contribution in [3.05, 3.63) is 11.9 Å². The fraction of sp³-hybridized carbons (Fsp3) is 0.654. The van der Waals surface area contributed by atoms with E-state index in [9.17, 15) is 19.5 Å². The fourth-order valence-corrected chi connectivity index (χ4v) is 4.30. The van der Waals surface area contributed by atoms with Crippen LogP contribution in [-0.4, -0.2) is 68.3 Å². The number of imide groups is 1. The monoisotopic (exact) mass is 532 g/mol. The molecule has 0 aromatic carbocycles. The molecule has 208 valence electrons. The number of carbonyl (C=O) groups is 3. The van der Waals surface area contributed by atoms with Crippen LogP contribution < -0.4 is 9.64 Å². The number of rotatable bonds is 6. The van der Waals surface area contributed by atoms with Crippen molar-refractivity contribution in [2.24, 2.45) is 0 Å². The van der Waals surface area contributed by atoms with Crippen molar-refractivity contribution < 1.29 is 38.4 Å². The van der Waals surface area contributed by atoms with Gasteiger partial charge in [-0.05, 0) is 74.1 Å². The number of nitrogens with zero attached hydrogens (tertiary/aromatic N) is 4. The molecule has 12 heteroatoms. The number of fused-ring (bicyclic) bond motifs is 1. The second-order valence-electron chi connectivity index (χ2n) is 12.0. The Kier molecular flexibility index (Phi) is 7.06. The van der Waals surface area contributed by atoms with Crippen LogP contribution in [0.3, 0.4) is 0 Å². The summed E-state index contributed by atoms with van der Waals surface area (Å²) in [5.41, 5.74) is -2.39. The van der Waals surface area contributed by atoms with Crippen LogP contribution in [0.15, 0.2) is 6.33 Å². The molecular formula is C26H36N4O8. The summed E-state index contributed by atoms with van der Waals surface area (Å²) in [6, 6.07) is 0. The third kappa shape index (κ3) is 5.69. The second kappa shape index (κ2) is 9.72. The topological polar surface area (TPSA) is 142 Å². The molecule has 2 aromatic rings. The Balaban J connectivity index is 1.93. The SMILES string of the molecule is CC(C)(C)OC(=O)N(C(=O)OC(C)(C)C)c1ncnc2c1c(C(=O)O)c(OC[C@H]1CCCO1)n2C1(C)CC1. The molecular weight excluding hydrogens is 496 g/mol. The van der Waals surface area contributed by atoms with E-state index in [1.54, 1.807) is 46.1 Å². The molecule has 1 N–H and O–H groups in total. The van der Waals surface area contributed by atoms with Gasteiger partial charge in [0.2, 0.25) is 5.88 Å². The van der Waals surface area contributed by atoms with Crippen LogP contribution in [0.25, 0.3) is 11.0 Å². The molecule has 1 aliphatic carbocycles. The van der Waals surface area contributed by atoms with Crippen molar-refractivity contribution in [2.75, 3.05) is 18.1 Å². The van der Waals surface area contributed by atoms with Gasteiger partial charge in [0.25, 0.3) is 0 Å². The standard InChI is InChI=1S/C26H36N4O8/c1-24(2,3)37-22(33)29(23(34)38-25(4,5)6)18-16-17(21(31)32)20(36-13-15-9-8-12-35-15)30(26(7)10-11-26)19(16)28-14-27-18/h14-15H,8-13H2,1-7H3,(H,31,32)/t15-/m1/s1. The van der Waals surface area contributed by atoms with E-state index < -0.39 is 34.9 Å². The van der Waals surface area contributed by atoms with Crippen molar-refractivity contribution in [2.45, 2.75) is 97.0 Å². The number of ether oxygens (including phenoxy) is 4. The first kappa shape index (κ1) is 27.6. The lowest BCUT2D eigenvalue weighted by atomic mass is 10.2. The molecule has 1 saturated carbocycles. The van der Waals surface area contributed by atoms with Gasteiger partial charge in [0, 0.05) is 12.1 Å². The Bertz CT molecular complexity index is 1220. The summed E-state index contributed by atoms with van der Waals surface area (Å²) < 4.78 is 24.5. The number of carbonyl (C=O) groups excluding carboxylic acids is 2. The maximum atomic E-state index is 13.4. The summed E-state index contributed by atoms with van der Waals surface area (Å²) in [5, 5.41) is 10.4. The lowest BCUT2D eigenvalue weighted by Gasteiger charge is -2.28. The van der Waals surface area contributed by atoms with E-state index in [0.717, 1.165) is 25.7 Å². The number of anilines is 1. The minimum atomic E-state index is -1.32. The summed E-state index contributed by atoms with van der Waals surface area (Å²) in [4.78, 5) is 48.7. The summed E-state index contributed by atoms with van der Waals surface area (Å²) in [6.07, 6.45) is 2.14. The molecule has 3 heterocycles. The zero-order valence-electron chi connectivity index (χ0n) is 23.0. The quantitative estimate of drug-likeness (QED) is 0.547. The van der Waals surface area contributed by atoms with E-state index >= 15 is 0 Å². The van der Waals surface area contributed by atoms with E-state index in [1.807, 2.05) is 6.92 Å². The van der Waals surface area contributed by atoms with Gasteiger partial charge < -0.3 is 24.1 Å². The Hall–Kier alpha value is -3.41. The van der Waals surface area contributed by atoms with Gasteiger partial charge >= 0.3 is 18.2 Å². The molecule has 1 aliphatic heterocycles. The molecule has 12 nitrogen and oxygen atoms in total. The minimum Gasteiger partial charge on any atom is -0.477 e. The normalized spacial score (nSPS) is 18.8. The van der Waals surface area contributed by atoms with E-state index in [0.29, 0.717) is 11.5 Å². The summed E-state index contributed by atoms with van der Waals surface area (Å²) >= 11 is 0. The van der Waals surface area contributed by atoms with Crippen LogP contribution in [0, 0.1) is 0 Å². The third-order valence-electron chi connectivity index (χ3n) is 6.21. The molecule has 1 saturated heterocycles. The summed E-state index contributed by atoms with van der Waals surface area (Å²) in [6.45, 7) is 12.6. The van der Waals surface area contributed by atoms with Crippen molar-refractivity contribution in [3.8, 4) is 5.88 Å². The molecule has 4 rings (SSSR count). The predicted octanol–water partition coefficient (Wildman–Crippen LogP) is 4.87. The molecule has 2 amide bonds. The van der Waals surface area contributed by atoms with Gasteiger partial charge in [0.1, 0.15) is 35.3 Å². The predicted molar refractivity (Wildman–Crippen MR) is 137 cm³/mol. The number of aromatic nitrogens is 3. The molecule has 0 radical (unpaired) electrons. The maximum Gasteiger partial charge on any atom is 0.425 e. The Morgan fingerprint density at radius 3 is 2.18 bits per heavy atom. The first-order valence-electron chi connectivity index (χ1n) is 12.7. The molecule has 38 heavy (non-hydrogen) atoms. The summed E-state index contributed by atoms with van der Waals surface area (Å²) in [7, 11) is 0. The van der Waals surface area contributed by atoms with Gasteiger partial charge in [-0.25, -0.2) is 24.4 Å². The zero-order chi connectivity index (χ0) is 28.0. The average Bonchev–Trinajstić information content (AvgIpc) is 3.18. The van der Waals surface area contributed by atoms with Crippen molar-refractivity contribution in [1.82, 2.24) is 14.5 Å². The number of amides is 2. The van der Waals surface area contributed by atoms with E-state index in [1.165, 1.54) is 6.33 Å². The van der Waals surface area contributed by atoms with Crippen LogP contribution in [-0.2, 0) is 19.7 Å². The average molecular weight is 533 g/mol. The van der Waals surface area contributed by atoms with Gasteiger partial charge in [0.15, 0.2) is 5.82 Å². The summed E-state index contributed by atoms with van der Waals surface area (Å²) in [5.74, 6) is -1.50. The van der Waals surface area contributed by atoms with Crippen LogP contribution in [0.1, 0.15) is 84.5 Å². The molecule has 0 spiro atoms. The number of carboxylic acid groups (broad SMARTS) is 1. The minimum absolute atomic E-state index is 0.0211.